The zero-order valence-corrected chi connectivity index (χ0v) is 23.3. The third-order valence-corrected chi connectivity index (χ3v) is 5.98. The van der Waals surface area contributed by atoms with Gasteiger partial charge >= 0.3 is 5.97 Å². The molecule has 0 atom stereocenters. The lowest BCUT2D eigenvalue weighted by Crippen LogP contribution is -2.10. The molecule has 0 aliphatic rings. The number of benzene rings is 3. The standard InChI is InChI=1S/C31H35N3O5/c1-20(2)39-25-13-11-24(12-14-25)34-30(22-7-9-23(10-8-22)31(4,5)6)32-28(33-34)18-37-26-15-16-27(21(3)17-26)38-19-29(35)36/h7-17,20H,18-19H2,1-6H3,(H,35,36). The molecule has 1 heterocycles. The van der Waals surface area contributed by atoms with Crippen LogP contribution in [0.15, 0.2) is 66.7 Å². The first-order chi connectivity index (χ1) is 18.5. The summed E-state index contributed by atoms with van der Waals surface area (Å²) >= 11 is 0. The molecule has 0 saturated heterocycles. The lowest BCUT2D eigenvalue weighted by molar-refractivity contribution is -0.139. The van der Waals surface area contributed by atoms with Gasteiger partial charge in [-0.3, -0.25) is 0 Å². The van der Waals surface area contributed by atoms with Crippen LogP contribution in [0, 0.1) is 6.92 Å². The van der Waals surface area contributed by atoms with E-state index in [0.29, 0.717) is 23.1 Å². The van der Waals surface area contributed by atoms with Gasteiger partial charge < -0.3 is 19.3 Å². The maximum absolute atomic E-state index is 10.8. The van der Waals surface area contributed by atoms with Gasteiger partial charge in [-0.25, -0.2) is 14.5 Å². The molecule has 0 aliphatic heterocycles. The van der Waals surface area contributed by atoms with Gasteiger partial charge in [-0.05, 0) is 79.8 Å². The Hall–Kier alpha value is -4.33. The molecule has 1 N–H and O–H groups in total. The summed E-state index contributed by atoms with van der Waals surface area (Å²) in [6.07, 6.45) is 0.0873. The van der Waals surface area contributed by atoms with Crippen molar-refractivity contribution in [2.45, 2.75) is 59.7 Å². The second-order valence-electron chi connectivity index (χ2n) is 10.6. The number of ether oxygens (including phenoxy) is 3. The van der Waals surface area contributed by atoms with Crippen molar-refractivity contribution in [2.24, 2.45) is 0 Å². The van der Waals surface area contributed by atoms with Crippen LogP contribution in [-0.4, -0.2) is 38.6 Å². The van der Waals surface area contributed by atoms with Crippen LogP contribution < -0.4 is 14.2 Å². The van der Waals surface area contributed by atoms with E-state index in [1.165, 1.54) is 5.56 Å². The van der Waals surface area contributed by atoms with Crippen LogP contribution in [-0.2, 0) is 16.8 Å². The number of hydrogen-bond donors (Lipinski definition) is 1. The minimum absolute atomic E-state index is 0.0454. The average molecular weight is 530 g/mol. The number of nitrogens with zero attached hydrogens (tertiary/aromatic N) is 3. The van der Waals surface area contributed by atoms with Crippen molar-refractivity contribution in [3.8, 4) is 34.3 Å². The molecule has 0 bridgehead atoms. The molecule has 39 heavy (non-hydrogen) atoms. The Bertz CT molecular complexity index is 1420. The molecule has 3 aromatic carbocycles. The molecule has 0 aliphatic carbocycles. The van der Waals surface area contributed by atoms with Gasteiger partial charge in [-0.2, -0.15) is 0 Å². The maximum Gasteiger partial charge on any atom is 0.341 e. The molecule has 8 heteroatoms. The number of aryl methyl sites for hydroxylation is 1. The predicted octanol–water partition coefficient (Wildman–Crippen LogP) is 6.37. The third-order valence-electron chi connectivity index (χ3n) is 5.98. The summed E-state index contributed by atoms with van der Waals surface area (Å²) in [7, 11) is 0. The van der Waals surface area contributed by atoms with Crippen molar-refractivity contribution < 1.29 is 24.1 Å². The lowest BCUT2D eigenvalue weighted by Gasteiger charge is -2.19. The van der Waals surface area contributed by atoms with E-state index in [-0.39, 0.29) is 18.1 Å². The molecule has 0 radical (unpaired) electrons. The fraction of sp³-hybridized carbons (Fsp3) is 0.323. The number of aromatic nitrogens is 3. The summed E-state index contributed by atoms with van der Waals surface area (Å²) in [5, 5.41) is 13.6. The number of carbonyl (C=O) groups is 1. The van der Waals surface area contributed by atoms with Crippen LogP contribution in [0.2, 0.25) is 0 Å². The number of carboxylic acid groups (broad SMARTS) is 1. The van der Waals surface area contributed by atoms with Crippen LogP contribution in [0.25, 0.3) is 17.1 Å². The lowest BCUT2D eigenvalue weighted by atomic mass is 9.87. The van der Waals surface area contributed by atoms with Crippen molar-refractivity contribution in [1.82, 2.24) is 14.8 Å². The van der Waals surface area contributed by atoms with E-state index in [1.54, 1.807) is 18.2 Å². The molecule has 1 aromatic heterocycles. The first-order valence-electron chi connectivity index (χ1n) is 12.9. The van der Waals surface area contributed by atoms with Gasteiger partial charge in [0.1, 0.15) is 23.9 Å². The number of rotatable bonds is 10. The molecular weight excluding hydrogens is 494 g/mol. The first-order valence-corrected chi connectivity index (χ1v) is 12.9. The quantitative estimate of drug-likeness (QED) is 0.255. The first kappa shape index (κ1) is 27.7. The summed E-state index contributed by atoms with van der Waals surface area (Å²) in [4.78, 5) is 15.6. The van der Waals surface area contributed by atoms with E-state index in [2.05, 4.69) is 45.0 Å². The second kappa shape index (κ2) is 11.6. The maximum atomic E-state index is 10.8. The smallest absolute Gasteiger partial charge is 0.341 e. The van der Waals surface area contributed by atoms with E-state index in [9.17, 15) is 4.79 Å². The van der Waals surface area contributed by atoms with E-state index >= 15 is 0 Å². The molecule has 0 spiro atoms. The zero-order chi connectivity index (χ0) is 28.2. The van der Waals surface area contributed by atoms with Gasteiger partial charge in [0, 0.05) is 5.56 Å². The molecule has 0 amide bonds. The van der Waals surface area contributed by atoms with E-state index < -0.39 is 12.6 Å². The summed E-state index contributed by atoms with van der Waals surface area (Å²) in [5.41, 5.74) is 3.86. The normalized spacial score (nSPS) is 11.5. The second-order valence-corrected chi connectivity index (χ2v) is 10.6. The third kappa shape index (κ3) is 7.16. The van der Waals surface area contributed by atoms with Gasteiger partial charge in [-0.1, -0.05) is 45.0 Å². The minimum atomic E-state index is -1.03. The largest absolute Gasteiger partial charge is 0.491 e. The van der Waals surface area contributed by atoms with Gasteiger partial charge in [0.2, 0.25) is 0 Å². The van der Waals surface area contributed by atoms with E-state index in [4.69, 9.17) is 29.4 Å². The molecular formula is C31H35N3O5. The van der Waals surface area contributed by atoms with Gasteiger partial charge in [0.15, 0.2) is 18.3 Å². The minimum Gasteiger partial charge on any atom is -0.491 e. The Morgan fingerprint density at radius 2 is 1.62 bits per heavy atom. The van der Waals surface area contributed by atoms with Crippen molar-refractivity contribution in [3.05, 3.63) is 83.7 Å². The van der Waals surface area contributed by atoms with Gasteiger partial charge in [-0.15, -0.1) is 5.10 Å². The Balaban J connectivity index is 1.61. The highest BCUT2D eigenvalue weighted by Crippen LogP contribution is 2.28. The zero-order valence-electron chi connectivity index (χ0n) is 23.3. The number of hydrogen-bond acceptors (Lipinski definition) is 6. The molecule has 0 unspecified atom stereocenters. The van der Waals surface area contributed by atoms with Crippen molar-refractivity contribution in [3.63, 3.8) is 0 Å². The SMILES string of the molecule is Cc1cc(OCc2nc(-c3ccc(C(C)(C)C)cc3)n(-c3ccc(OC(C)C)cc3)n2)ccc1OCC(=O)O. The van der Waals surface area contributed by atoms with E-state index in [0.717, 1.165) is 22.6 Å². The van der Waals surface area contributed by atoms with Crippen molar-refractivity contribution in [2.75, 3.05) is 6.61 Å². The van der Waals surface area contributed by atoms with Crippen molar-refractivity contribution in [1.29, 1.82) is 0 Å². The Kier molecular flexibility index (Phi) is 8.24. The highest BCUT2D eigenvalue weighted by Gasteiger charge is 2.18. The Morgan fingerprint density at radius 3 is 2.21 bits per heavy atom. The Labute approximate surface area is 229 Å². The van der Waals surface area contributed by atoms with Crippen LogP contribution in [0.5, 0.6) is 17.2 Å². The highest BCUT2D eigenvalue weighted by atomic mass is 16.5. The molecule has 4 rings (SSSR count). The van der Waals surface area contributed by atoms with Crippen LogP contribution in [0.1, 0.15) is 51.6 Å². The summed E-state index contributed by atoms with van der Waals surface area (Å²) < 4.78 is 18.9. The summed E-state index contributed by atoms with van der Waals surface area (Å²) in [6.45, 7) is 12.1. The monoisotopic (exact) mass is 529 g/mol. The molecule has 0 saturated carbocycles. The average Bonchev–Trinajstić information content (AvgIpc) is 3.31. The van der Waals surface area contributed by atoms with Gasteiger partial charge in [0.25, 0.3) is 0 Å². The molecule has 204 valence electrons. The molecule has 8 nitrogen and oxygen atoms in total. The van der Waals surface area contributed by atoms with Crippen LogP contribution >= 0.6 is 0 Å². The fourth-order valence-corrected chi connectivity index (χ4v) is 4.00. The molecule has 4 aromatic rings. The summed E-state index contributed by atoms with van der Waals surface area (Å²) in [5.74, 6) is 2.11. The van der Waals surface area contributed by atoms with E-state index in [1.807, 2.05) is 49.7 Å². The van der Waals surface area contributed by atoms with Crippen molar-refractivity contribution >= 4 is 5.97 Å². The van der Waals surface area contributed by atoms with Gasteiger partial charge in [0.05, 0.1) is 11.8 Å². The van der Waals surface area contributed by atoms with Crippen LogP contribution in [0.3, 0.4) is 0 Å². The van der Waals surface area contributed by atoms with Crippen LogP contribution in [0.4, 0.5) is 0 Å². The highest BCUT2D eigenvalue weighted by molar-refractivity contribution is 5.68. The predicted molar refractivity (Wildman–Crippen MR) is 150 cm³/mol. The summed E-state index contributed by atoms with van der Waals surface area (Å²) in [6, 6.07) is 21.4. The fourth-order valence-electron chi connectivity index (χ4n) is 4.00. The molecule has 0 fully saturated rings. The number of carboxylic acids is 1. The topological polar surface area (TPSA) is 95.7 Å². The number of aliphatic carboxylic acids is 1. The Morgan fingerprint density at radius 1 is 0.949 bits per heavy atom.